The molecule has 6 nitrogen and oxygen atoms in total. The van der Waals surface area contributed by atoms with Crippen LogP contribution in [-0.2, 0) is 17.5 Å². The summed E-state index contributed by atoms with van der Waals surface area (Å²) in [6, 6.07) is 4.72. The van der Waals surface area contributed by atoms with E-state index in [1.165, 1.54) is 40.7 Å². The van der Waals surface area contributed by atoms with Gasteiger partial charge in [0.1, 0.15) is 17.7 Å². The van der Waals surface area contributed by atoms with Gasteiger partial charge in [0.05, 0.1) is 9.75 Å². The van der Waals surface area contributed by atoms with E-state index in [0.29, 0.717) is 28.5 Å². The Hall–Kier alpha value is -1.70. The summed E-state index contributed by atoms with van der Waals surface area (Å²) in [6.07, 6.45) is 2.51. The van der Waals surface area contributed by atoms with Crippen molar-refractivity contribution in [1.82, 2.24) is 14.7 Å². The van der Waals surface area contributed by atoms with Gasteiger partial charge in [0, 0.05) is 26.1 Å². The molecule has 148 valence electrons. The zero-order chi connectivity index (χ0) is 20.2. The first kappa shape index (κ1) is 21.6. The number of piperidine rings is 1. The molecule has 10 heteroatoms. The largest absolute Gasteiger partial charge is 0.337 e. The number of aromatic nitrogens is 2. The van der Waals surface area contributed by atoms with Gasteiger partial charge in [-0.1, -0.05) is 9.24 Å². The molecule has 0 aromatic carbocycles. The average molecular weight is 416 g/mol. The van der Waals surface area contributed by atoms with Crippen LogP contribution in [0, 0.1) is 5.92 Å². The minimum absolute atomic E-state index is 0.111. The third kappa shape index (κ3) is 4.97. The zero-order valence-corrected chi connectivity index (χ0v) is 17.2. The molecule has 1 aliphatic heterocycles. The van der Waals surface area contributed by atoms with E-state index in [1.807, 2.05) is 0 Å². The highest BCUT2D eigenvalue weighted by Gasteiger charge is 2.30. The van der Waals surface area contributed by atoms with Crippen LogP contribution in [0.1, 0.15) is 28.2 Å². The van der Waals surface area contributed by atoms with Gasteiger partial charge in [-0.25, -0.2) is 0 Å². The van der Waals surface area contributed by atoms with E-state index in [1.54, 1.807) is 17.0 Å². The van der Waals surface area contributed by atoms with Crippen molar-refractivity contribution in [3.05, 3.63) is 28.8 Å². The van der Waals surface area contributed by atoms with Crippen molar-refractivity contribution in [2.24, 2.45) is 18.7 Å². The summed E-state index contributed by atoms with van der Waals surface area (Å²) in [6.45, 7) is 1.06. The van der Waals surface area contributed by atoms with Crippen LogP contribution in [0.25, 0.3) is 10.6 Å². The fraction of sp³-hybridized carbons (Fsp3) is 0.471. The molecule has 1 aliphatic rings. The maximum absolute atomic E-state index is 13.5. The molecule has 3 heterocycles. The second kappa shape index (κ2) is 8.99. The van der Waals surface area contributed by atoms with E-state index in [0.717, 1.165) is 23.8 Å². The first-order valence-electron chi connectivity index (χ1n) is 8.43. The molecule has 27 heavy (non-hydrogen) atoms. The summed E-state index contributed by atoms with van der Waals surface area (Å²) in [5, 5.41) is 4.12. The number of amides is 1. The predicted octanol–water partition coefficient (Wildman–Crippen LogP) is 2.70. The number of likely N-dealkylation sites (tertiary alicyclic amines) is 1. The van der Waals surface area contributed by atoms with Gasteiger partial charge in [-0.15, -0.1) is 11.3 Å². The number of thiophene rings is 1. The number of carbonyl (C=O) groups excluding carboxylic acids is 2. The minimum atomic E-state index is -3.06. The van der Waals surface area contributed by atoms with Gasteiger partial charge in [0.15, 0.2) is 0 Å². The monoisotopic (exact) mass is 416 g/mol. The molecule has 2 atom stereocenters. The number of nitrogens with zero attached hydrogens (tertiary/aromatic N) is 3. The molecular formula is C17H23F2N4O2PS. The Morgan fingerprint density at radius 2 is 2.15 bits per heavy atom. The Balaban J connectivity index is 0.00000126. The lowest BCUT2D eigenvalue weighted by molar-refractivity contribution is -0.112. The molecule has 0 saturated carbocycles. The Labute approximate surface area is 162 Å². The van der Waals surface area contributed by atoms with Crippen LogP contribution in [0.3, 0.4) is 0 Å². The van der Waals surface area contributed by atoms with E-state index in [2.05, 4.69) is 10.8 Å². The summed E-state index contributed by atoms with van der Waals surface area (Å²) < 4.78 is 28.2. The summed E-state index contributed by atoms with van der Waals surface area (Å²) in [5.74, 6) is -0.241. The second-order valence-corrected chi connectivity index (χ2v) is 7.92. The zero-order valence-electron chi connectivity index (χ0n) is 15.2. The molecule has 2 N–H and O–H groups in total. The molecule has 1 saturated heterocycles. The third-order valence-electron chi connectivity index (χ3n) is 4.23. The SMILES string of the molecule is CN.Cn1nc(-c2ccc(C(=O)N3CCCC(C=O)C3)s2)cc1C(F)(F)P. The number of alkyl halides is 2. The van der Waals surface area contributed by atoms with Crippen molar-refractivity contribution in [2.75, 3.05) is 20.1 Å². The molecule has 0 aliphatic carbocycles. The molecule has 0 bridgehead atoms. The molecule has 2 aromatic heterocycles. The fourth-order valence-corrected chi connectivity index (χ4v) is 4.15. The van der Waals surface area contributed by atoms with Gasteiger partial charge in [-0.2, -0.15) is 13.9 Å². The van der Waals surface area contributed by atoms with Crippen LogP contribution in [0.2, 0.25) is 0 Å². The van der Waals surface area contributed by atoms with Crippen LogP contribution >= 0.6 is 20.6 Å². The molecule has 1 fully saturated rings. The number of aryl methyl sites for hydroxylation is 1. The van der Waals surface area contributed by atoms with Crippen molar-refractivity contribution in [2.45, 2.75) is 18.5 Å². The van der Waals surface area contributed by atoms with Crippen LogP contribution in [0.5, 0.6) is 0 Å². The lowest BCUT2D eigenvalue weighted by atomic mass is 10.00. The summed E-state index contributed by atoms with van der Waals surface area (Å²) in [5.41, 5.74) is 1.64. The average Bonchev–Trinajstić information content (AvgIpc) is 3.29. The summed E-state index contributed by atoms with van der Waals surface area (Å²) in [7, 11) is 4.46. The summed E-state index contributed by atoms with van der Waals surface area (Å²) >= 11 is 1.22. The lowest BCUT2D eigenvalue weighted by Crippen LogP contribution is -2.40. The standard InChI is InChI=1S/C16H18F2N3O2PS.CH5N/c1-20-14(16(17,18)24)7-11(19-20)12-4-5-13(25-12)15(23)21-6-2-3-10(8-21)9-22;1-2/h4-5,7,9-10H,2-3,6,8,24H2,1H3;2H2,1H3. The van der Waals surface area contributed by atoms with Crippen molar-refractivity contribution in [3.8, 4) is 10.6 Å². The number of carbonyl (C=O) groups is 2. The highest BCUT2D eigenvalue weighted by molar-refractivity contribution is 7.18. The number of hydrogen-bond acceptors (Lipinski definition) is 5. The van der Waals surface area contributed by atoms with Crippen molar-refractivity contribution in [1.29, 1.82) is 0 Å². The molecule has 1 amide bonds. The molecule has 0 spiro atoms. The van der Waals surface area contributed by atoms with Crippen molar-refractivity contribution < 1.29 is 18.4 Å². The van der Waals surface area contributed by atoms with Gasteiger partial charge in [0.2, 0.25) is 0 Å². The molecule has 0 radical (unpaired) electrons. The maximum Gasteiger partial charge on any atom is 0.299 e. The van der Waals surface area contributed by atoms with Crippen molar-refractivity contribution in [3.63, 3.8) is 0 Å². The Bertz CT molecular complexity index is 803. The maximum atomic E-state index is 13.5. The smallest absolute Gasteiger partial charge is 0.299 e. The van der Waals surface area contributed by atoms with Crippen molar-refractivity contribution >= 4 is 32.8 Å². The van der Waals surface area contributed by atoms with E-state index in [4.69, 9.17) is 0 Å². The van der Waals surface area contributed by atoms with Gasteiger partial charge in [-0.3, -0.25) is 9.48 Å². The molecule has 2 aromatic rings. The topological polar surface area (TPSA) is 81.2 Å². The first-order chi connectivity index (χ1) is 12.8. The number of halogens is 2. The number of nitrogens with two attached hydrogens (primary N) is 1. The lowest BCUT2D eigenvalue weighted by Gasteiger charge is -2.29. The molecule has 3 rings (SSSR count). The Kier molecular flexibility index (Phi) is 7.19. The Morgan fingerprint density at radius 1 is 1.44 bits per heavy atom. The quantitative estimate of drug-likeness (QED) is 0.614. The van der Waals surface area contributed by atoms with E-state index >= 15 is 0 Å². The fourth-order valence-electron chi connectivity index (χ4n) is 2.95. The Morgan fingerprint density at radius 3 is 2.74 bits per heavy atom. The van der Waals surface area contributed by atoms with Gasteiger partial charge < -0.3 is 15.4 Å². The number of rotatable bonds is 4. The third-order valence-corrected chi connectivity index (χ3v) is 5.62. The number of aldehydes is 1. The highest BCUT2D eigenvalue weighted by atomic mass is 32.1. The number of hydrogen-bond donors (Lipinski definition) is 1. The first-order valence-corrected chi connectivity index (χ1v) is 9.82. The van der Waals surface area contributed by atoms with Crippen LogP contribution in [0.4, 0.5) is 8.78 Å². The van der Waals surface area contributed by atoms with Crippen LogP contribution in [-0.4, -0.2) is 47.0 Å². The van der Waals surface area contributed by atoms with E-state index in [9.17, 15) is 18.4 Å². The minimum Gasteiger partial charge on any atom is -0.337 e. The second-order valence-electron chi connectivity index (χ2n) is 6.11. The predicted molar refractivity (Wildman–Crippen MR) is 105 cm³/mol. The molecule has 2 unspecified atom stereocenters. The van der Waals surface area contributed by atoms with Crippen LogP contribution < -0.4 is 5.73 Å². The van der Waals surface area contributed by atoms with Crippen LogP contribution in [0.15, 0.2) is 18.2 Å². The van der Waals surface area contributed by atoms with E-state index < -0.39 is 5.66 Å². The molecular weight excluding hydrogens is 393 g/mol. The van der Waals surface area contributed by atoms with Gasteiger partial charge in [-0.05, 0) is 38.1 Å². The van der Waals surface area contributed by atoms with Gasteiger partial charge >= 0.3 is 0 Å². The van der Waals surface area contributed by atoms with E-state index in [-0.39, 0.29) is 17.5 Å². The van der Waals surface area contributed by atoms with Gasteiger partial charge in [0.25, 0.3) is 11.6 Å². The summed E-state index contributed by atoms with van der Waals surface area (Å²) in [4.78, 5) is 26.4. The normalized spacial score (nSPS) is 17.3. The highest BCUT2D eigenvalue weighted by Crippen LogP contribution is 2.37.